The van der Waals surface area contributed by atoms with Crippen molar-refractivity contribution in [3.05, 3.63) is 0 Å². The summed E-state index contributed by atoms with van der Waals surface area (Å²) in [6.07, 6.45) is 1.62. The van der Waals surface area contributed by atoms with Crippen LogP contribution < -0.4 is 0 Å². The molecule has 0 bridgehead atoms. The molecule has 0 N–H and O–H groups in total. The molecule has 21 heavy (non-hydrogen) atoms. The molecule has 2 aliphatic rings. The van der Waals surface area contributed by atoms with Crippen molar-refractivity contribution in [2.24, 2.45) is 5.92 Å². The summed E-state index contributed by atoms with van der Waals surface area (Å²) in [6, 6.07) is 0.185. The Bertz CT molecular complexity index is 401. The minimum atomic E-state index is -0.522. The Kier molecular flexibility index (Phi) is 4.76. The first kappa shape index (κ1) is 16.1. The van der Waals surface area contributed by atoms with Gasteiger partial charge in [-0.2, -0.15) is 0 Å². The molecule has 0 aromatic rings. The average molecular weight is 298 g/mol. The number of methoxy groups -OCH3 is 1. The Balaban J connectivity index is 2.02. The van der Waals surface area contributed by atoms with Crippen LogP contribution in [-0.2, 0) is 14.3 Å². The van der Waals surface area contributed by atoms with Gasteiger partial charge < -0.3 is 14.4 Å². The van der Waals surface area contributed by atoms with Crippen LogP contribution in [0, 0.1) is 5.92 Å². The number of piperidine rings is 1. The van der Waals surface area contributed by atoms with Crippen LogP contribution in [0.3, 0.4) is 0 Å². The van der Waals surface area contributed by atoms with Gasteiger partial charge >= 0.3 is 12.1 Å². The minimum Gasteiger partial charge on any atom is -0.469 e. The zero-order valence-corrected chi connectivity index (χ0v) is 13.4. The first-order valence-electron chi connectivity index (χ1n) is 7.61. The number of hydrogen-bond donors (Lipinski definition) is 0. The molecule has 0 aliphatic carbocycles. The highest BCUT2D eigenvalue weighted by Crippen LogP contribution is 2.28. The van der Waals surface area contributed by atoms with E-state index in [2.05, 4.69) is 4.90 Å². The predicted octanol–water partition coefficient (Wildman–Crippen LogP) is 1.49. The second-order valence-electron chi connectivity index (χ2n) is 6.80. The van der Waals surface area contributed by atoms with E-state index in [9.17, 15) is 9.59 Å². The quantitative estimate of drug-likeness (QED) is 0.723. The lowest BCUT2D eigenvalue weighted by atomic mass is 9.89. The molecule has 2 fully saturated rings. The molecule has 2 atom stereocenters. The molecule has 0 aromatic heterocycles. The molecule has 2 saturated heterocycles. The van der Waals surface area contributed by atoms with E-state index >= 15 is 0 Å². The summed E-state index contributed by atoms with van der Waals surface area (Å²) in [6.45, 7) is 8.60. The molecular weight excluding hydrogens is 272 g/mol. The summed E-state index contributed by atoms with van der Waals surface area (Å²) in [5.41, 5.74) is -0.522. The Labute approximate surface area is 126 Å². The van der Waals surface area contributed by atoms with E-state index in [4.69, 9.17) is 9.47 Å². The molecule has 0 aromatic carbocycles. The van der Waals surface area contributed by atoms with Gasteiger partial charge in [0, 0.05) is 19.1 Å². The largest absolute Gasteiger partial charge is 0.469 e. The van der Waals surface area contributed by atoms with Gasteiger partial charge in [0.05, 0.1) is 13.0 Å². The van der Waals surface area contributed by atoms with Gasteiger partial charge in [0.2, 0.25) is 0 Å². The number of likely N-dealkylation sites (tertiary alicyclic amines) is 2. The van der Waals surface area contributed by atoms with E-state index in [1.165, 1.54) is 13.5 Å². The fraction of sp³-hybridized carbons (Fsp3) is 0.867. The molecule has 1 amide bonds. The topological polar surface area (TPSA) is 59.1 Å². The molecule has 0 spiro atoms. The van der Waals surface area contributed by atoms with Crippen molar-refractivity contribution in [2.45, 2.75) is 45.3 Å². The van der Waals surface area contributed by atoms with Crippen LogP contribution in [0.5, 0.6) is 0 Å². The molecule has 6 heteroatoms. The van der Waals surface area contributed by atoms with Gasteiger partial charge in [-0.15, -0.1) is 0 Å². The zero-order valence-electron chi connectivity index (χ0n) is 13.4. The maximum atomic E-state index is 12.2. The van der Waals surface area contributed by atoms with E-state index in [0.29, 0.717) is 13.1 Å². The van der Waals surface area contributed by atoms with Crippen molar-refractivity contribution in [3.63, 3.8) is 0 Å². The van der Waals surface area contributed by atoms with E-state index < -0.39 is 5.60 Å². The van der Waals surface area contributed by atoms with E-state index in [1.807, 2.05) is 20.8 Å². The highest BCUT2D eigenvalue weighted by molar-refractivity contribution is 5.75. The van der Waals surface area contributed by atoms with Crippen LogP contribution in [0.1, 0.15) is 33.6 Å². The summed E-state index contributed by atoms with van der Waals surface area (Å²) in [5, 5.41) is 0. The molecular formula is C15H26N2O4. The van der Waals surface area contributed by atoms with Crippen LogP contribution in [0.4, 0.5) is 4.79 Å². The van der Waals surface area contributed by atoms with Gasteiger partial charge in [-0.05, 0) is 46.7 Å². The highest BCUT2D eigenvalue weighted by atomic mass is 16.6. The third-order valence-electron chi connectivity index (χ3n) is 4.09. The summed E-state index contributed by atoms with van der Waals surface area (Å²) in [7, 11) is 1.40. The van der Waals surface area contributed by atoms with Crippen molar-refractivity contribution in [2.75, 3.05) is 33.3 Å². The lowest BCUT2D eigenvalue weighted by Crippen LogP contribution is -2.58. The third kappa shape index (κ3) is 3.87. The maximum Gasteiger partial charge on any atom is 0.410 e. The Morgan fingerprint density at radius 1 is 1.14 bits per heavy atom. The molecule has 120 valence electrons. The number of ether oxygens (including phenoxy) is 2. The number of carbonyl (C=O) groups is 2. The molecule has 6 nitrogen and oxygen atoms in total. The van der Waals surface area contributed by atoms with Crippen molar-refractivity contribution in [1.29, 1.82) is 0 Å². The smallest absolute Gasteiger partial charge is 0.410 e. The molecule has 0 radical (unpaired) electrons. The van der Waals surface area contributed by atoms with Gasteiger partial charge in [-0.1, -0.05) is 0 Å². The van der Waals surface area contributed by atoms with Crippen LogP contribution >= 0.6 is 0 Å². The number of carbonyl (C=O) groups excluding carboxylic acids is 2. The Morgan fingerprint density at radius 2 is 1.81 bits per heavy atom. The van der Waals surface area contributed by atoms with Crippen LogP contribution in [0.25, 0.3) is 0 Å². The SMILES string of the molecule is COC(=O)[C@H]1CN(C(=O)OC(C)(C)C)CC[C@H]1N1CCC1. The molecule has 2 heterocycles. The van der Waals surface area contributed by atoms with E-state index in [-0.39, 0.29) is 24.0 Å². The normalized spacial score (nSPS) is 27.0. The van der Waals surface area contributed by atoms with Gasteiger partial charge in [0.15, 0.2) is 0 Å². The highest BCUT2D eigenvalue weighted by Gasteiger charge is 2.42. The second-order valence-corrected chi connectivity index (χ2v) is 6.80. The monoisotopic (exact) mass is 298 g/mol. The van der Waals surface area contributed by atoms with Crippen molar-refractivity contribution in [3.8, 4) is 0 Å². The van der Waals surface area contributed by atoms with Gasteiger partial charge in [0.1, 0.15) is 5.60 Å². The Hall–Kier alpha value is -1.30. The standard InChI is InChI=1S/C15H26N2O4/c1-15(2,3)21-14(19)17-9-6-12(16-7-5-8-16)11(10-17)13(18)20-4/h11-12H,5-10H2,1-4H3/t11-,12+/m0/s1. The molecule has 0 unspecified atom stereocenters. The van der Waals surface area contributed by atoms with Gasteiger partial charge in [-0.3, -0.25) is 9.69 Å². The number of esters is 1. The summed E-state index contributed by atoms with van der Waals surface area (Å²) in [4.78, 5) is 28.2. The van der Waals surface area contributed by atoms with E-state index in [1.54, 1.807) is 4.90 Å². The van der Waals surface area contributed by atoms with Crippen LogP contribution in [0.2, 0.25) is 0 Å². The fourth-order valence-corrected chi connectivity index (χ4v) is 2.92. The molecule has 2 aliphatic heterocycles. The lowest BCUT2D eigenvalue weighted by molar-refractivity contribution is -0.151. The number of nitrogens with zero attached hydrogens (tertiary/aromatic N) is 2. The predicted molar refractivity (Wildman–Crippen MR) is 77.9 cm³/mol. The summed E-state index contributed by atoms with van der Waals surface area (Å²) >= 11 is 0. The van der Waals surface area contributed by atoms with Gasteiger partial charge in [-0.25, -0.2) is 4.79 Å². The van der Waals surface area contributed by atoms with Crippen molar-refractivity contribution >= 4 is 12.1 Å². The van der Waals surface area contributed by atoms with Gasteiger partial charge in [0.25, 0.3) is 0 Å². The summed E-state index contributed by atoms with van der Waals surface area (Å²) < 4.78 is 10.3. The first-order valence-corrected chi connectivity index (χ1v) is 7.61. The number of amides is 1. The minimum absolute atomic E-state index is 0.185. The molecule has 0 saturated carbocycles. The summed E-state index contributed by atoms with van der Waals surface area (Å²) in [5.74, 6) is -0.517. The molecule has 2 rings (SSSR count). The average Bonchev–Trinajstić information content (AvgIpc) is 2.34. The number of hydrogen-bond acceptors (Lipinski definition) is 5. The van der Waals surface area contributed by atoms with Crippen molar-refractivity contribution in [1.82, 2.24) is 9.80 Å². The lowest BCUT2D eigenvalue weighted by Gasteiger charge is -2.46. The van der Waals surface area contributed by atoms with E-state index in [0.717, 1.165) is 19.5 Å². The first-order chi connectivity index (χ1) is 9.81. The second kappa shape index (κ2) is 6.22. The van der Waals surface area contributed by atoms with Crippen LogP contribution in [-0.4, -0.2) is 66.8 Å². The zero-order chi connectivity index (χ0) is 15.6. The number of rotatable bonds is 2. The Morgan fingerprint density at radius 3 is 2.29 bits per heavy atom. The van der Waals surface area contributed by atoms with Crippen molar-refractivity contribution < 1.29 is 19.1 Å². The van der Waals surface area contributed by atoms with Crippen LogP contribution in [0.15, 0.2) is 0 Å². The third-order valence-corrected chi connectivity index (χ3v) is 4.09. The fourth-order valence-electron chi connectivity index (χ4n) is 2.92. The maximum absolute atomic E-state index is 12.2.